The number of aromatic nitrogens is 1. The summed E-state index contributed by atoms with van der Waals surface area (Å²) >= 11 is 0. The van der Waals surface area contributed by atoms with Crippen LogP contribution in [0.5, 0.6) is 5.75 Å². The summed E-state index contributed by atoms with van der Waals surface area (Å²) in [5, 5.41) is 21.2. The number of nitrogens with one attached hydrogen (secondary N) is 1. The standard InChI is InChI=1S/C20H24N2O2/c1-3-11-9-22(2)18-8-15-14-6-12(24)4-5-17(14)21-20(15)19(22)7-13(11)16(18)10-23/h3-6,13,16,18-19,21,23H,7-10H2,1-2H3/p+1/b11-3-/t13-,16?,18+,19+,22?/m0/s1. The third-order valence-electron chi connectivity index (χ3n) is 7.21. The number of quaternary nitrogens is 1. The molecule has 6 rings (SSSR count). The van der Waals surface area contributed by atoms with Gasteiger partial charge < -0.3 is 19.7 Å². The van der Waals surface area contributed by atoms with Gasteiger partial charge in [0.15, 0.2) is 0 Å². The van der Waals surface area contributed by atoms with Gasteiger partial charge in [0.2, 0.25) is 0 Å². The Balaban J connectivity index is 1.73. The van der Waals surface area contributed by atoms with E-state index in [0.717, 1.165) is 34.8 Å². The lowest BCUT2D eigenvalue weighted by Gasteiger charge is -2.62. The van der Waals surface area contributed by atoms with Gasteiger partial charge >= 0.3 is 0 Å². The molecule has 4 aliphatic heterocycles. The Morgan fingerprint density at radius 3 is 2.96 bits per heavy atom. The Labute approximate surface area is 142 Å². The summed E-state index contributed by atoms with van der Waals surface area (Å²) in [6.07, 6.45) is 4.39. The zero-order chi connectivity index (χ0) is 16.6. The van der Waals surface area contributed by atoms with E-state index in [0.29, 0.717) is 29.7 Å². The van der Waals surface area contributed by atoms with Crippen molar-refractivity contribution in [1.82, 2.24) is 4.98 Å². The highest BCUT2D eigenvalue weighted by molar-refractivity contribution is 5.86. The lowest BCUT2D eigenvalue weighted by molar-refractivity contribution is -0.978. The van der Waals surface area contributed by atoms with Gasteiger partial charge in [0.1, 0.15) is 18.3 Å². The molecule has 5 heterocycles. The van der Waals surface area contributed by atoms with Crippen molar-refractivity contribution in [2.24, 2.45) is 11.8 Å². The molecule has 0 spiro atoms. The molecule has 126 valence electrons. The predicted molar refractivity (Wildman–Crippen MR) is 93.7 cm³/mol. The lowest BCUT2D eigenvalue weighted by Crippen LogP contribution is -2.70. The van der Waals surface area contributed by atoms with Gasteiger partial charge in [-0.1, -0.05) is 6.08 Å². The second kappa shape index (κ2) is 4.64. The van der Waals surface area contributed by atoms with Crippen molar-refractivity contribution in [3.8, 4) is 5.75 Å². The number of benzene rings is 1. The number of hydrogen-bond donors (Lipinski definition) is 3. The van der Waals surface area contributed by atoms with Crippen molar-refractivity contribution >= 4 is 10.9 Å². The molecule has 5 atom stereocenters. The van der Waals surface area contributed by atoms with Crippen LogP contribution in [0.15, 0.2) is 29.8 Å². The van der Waals surface area contributed by atoms with Crippen LogP contribution >= 0.6 is 0 Å². The molecule has 3 fully saturated rings. The third-order valence-corrected chi connectivity index (χ3v) is 7.21. The maximum Gasteiger partial charge on any atom is 0.131 e. The predicted octanol–water partition coefficient (Wildman–Crippen LogP) is 2.87. The number of phenols is 1. The van der Waals surface area contributed by atoms with Crippen LogP contribution in [0, 0.1) is 11.8 Å². The topological polar surface area (TPSA) is 56.2 Å². The summed E-state index contributed by atoms with van der Waals surface area (Å²) in [5.41, 5.74) is 5.39. The minimum atomic E-state index is 0.274. The van der Waals surface area contributed by atoms with Gasteiger partial charge in [0, 0.05) is 35.6 Å². The second-order valence-corrected chi connectivity index (χ2v) is 8.09. The number of nitrogens with zero attached hydrogens (tertiary/aromatic N) is 1. The summed E-state index contributed by atoms with van der Waals surface area (Å²) in [6, 6.07) is 6.58. The van der Waals surface area contributed by atoms with E-state index < -0.39 is 0 Å². The Bertz CT molecular complexity index is 868. The molecule has 4 nitrogen and oxygen atoms in total. The number of phenolic OH excluding ortho intramolecular Hbond substituents is 1. The molecule has 0 amide bonds. The lowest BCUT2D eigenvalue weighted by atomic mass is 9.62. The second-order valence-electron chi connectivity index (χ2n) is 8.09. The van der Waals surface area contributed by atoms with Crippen molar-refractivity contribution in [2.75, 3.05) is 20.2 Å². The molecule has 1 aromatic heterocycles. The van der Waals surface area contributed by atoms with Gasteiger partial charge in [0.05, 0.1) is 25.4 Å². The summed E-state index contributed by atoms with van der Waals surface area (Å²) in [6.45, 7) is 3.52. The van der Waals surface area contributed by atoms with Crippen molar-refractivity contribution in [3.05, 3.63) is 41.1 Å². The van der Waals surface area contributed by atoms with Crippen LogP contribution in [0.25, 0.3) is 10.9 Å². The number of rotatable bonds is 1. The van der Waals surface area contributed by atoms with E-state index in [1.165, 1.54) is 16.8 Å². The highest BCUT2D eigenvalue weighted by Gasteiger charge is 2.61. The first-order valence-electron chi connectivity index (χ1n) is 9.01. The zero-order valence-corrected chi connectivity index (χ0v) is 14.3. The van der Waals surface area contributed by atoms with E-state index in [1.807, 2.05) is 12.1 Å². The fourth-order valence-corrected chi connectivity index (χ4v) is 6.05. The number of aliphatic hydroxyl groups is 1. The highest BCUT2D eigenvalue weighted by Crippen LogP contribution is 2.57. The Kier molecular flexibility index (Phi) is 2.82. The monoisotopic (exact) mass is 325 g/mol. The van der Waals surface area contributed by atoms with E-state index in [2.05, 4.69) is 25.0 Å². The third kappa shape index (κ3) is 1.60. The van der Waals surface area contributed by atoms with Crippen molar-refractivity contribution in [1.29, 1.82) is 0 Å². The minimum Gasteiger partial charge on any atom is -0.508 e. The van der Waals surface area contributed by atoms with E-state index in [-0.39, 0.29) is 6.61 Å². The number of piperidine rings is 3. The first kappa shape index (κ1) is 14.6. The van der Waals surface area contributed by atoms with Crippen LogP contribution in [0.4, 0.5) is 0 Å². The van der Waals surface area contributed by atoms with E-state index in [4.69, 9.17) is 0 Å². The molecule has 2 aromatic rings. The Morgan fingerprint density at radius 2 is 2.21 bits per heavy atom. The fourth-order valence-electron chi connectivity index (χ4n) is 6.05. The molecule has 4 aliphatic rings. The largest absolute Gasteiger partial charge is 0.508 e. The van der Waals surface area contributed by atoms with Crippen molar-refractivity contribution < 1.29 is 14.7 Å². The maximum atomic E-state index is 10.1. The summed E-state index contributed by atoms with van der Waals surface area (Å²) in [4.78, 5) is 3.67. The van der Waals surface area contributed by atoms with Crippen LogP contribution < -0.4 is 0 Å². The number of aliphatic hydroxyl groups excluding tert-OH is 1. The average Bonchev–Trinajstić information content (AvgIpc) is 2.91. The van der Waals surface area contributed by atoms with Crippen molar-refractivity contribution in [2.45, 2.75) is 31.8 Å². The molecule has 3 N–H and O–H groups in total. The van der Waals surface area contributed by atoms with Crippen LogP contribution in [0.2, 0.25) is 0 Å². The number of H-pyrrole nitrogens is 1. The van der Waals surface area contributed by atoms with E-state index in [1.54, 1.807) is 6.07 Å². The van der Waals surface area contributed by atoms with Crippen LogP contribution in [0.1, 0.15) is 30.6 Å². The van der Waals surface area contributed by atoms with Gasteiger partial charge in [-0.15, -0.1) is 0 Å². The molecule has 0 saturated carbocycles. The van der Waals surface area contributed by atoms with Gasteiger partial charge in [-0.3, -0.25) is 0 Å². The molecule has 3 saturated heterocycles. The molecular weight excluding hydrogens is 300 g/mol. The van der Waals surface area contributed by atoms with Crippen LogP contribution in [-0.4, -0.2) is 45.9 Å². The molecule has 24 heavy (non-hydrogen) atoms. The number of aromatic amines is 1. The summed E-state index contributed by atoms with van der Waals surface area (Å²) in [7, 11) is 2.38. The normalized spacial score (nSPS) is 38.7. The van der Waals surface area contributed by atoms with Crippen LogP contribution in [0.3, 0.4) is 0 Å². The molecule has 4 bridgehead atoms. The smallest absolute Gasteiger partial charge is 0.131 e. The quantitative estimate of drug-likeness (QED) is 0.558. The van der Waals surface area contributed by atoms with Crippen molar-refractivity contribution in [3.63, 3.8) is 0 Å². The van der Waals surface area contributed by atoms with Gasteiger partial charge in [-0.25, -0.2) is 0 Å². The molecule has 2 unspecified atom stereocenters. The number of likely N-dealkylation sites (N-methyl/N-ethyl adjacent to an activating group) is 1. The van der Waals surface area contributed by atoms with E-state index >= 15 is 0 Å². The molecule has 1 aromatic carbocycles. The molecule has 0 aliphatic carbocycles. The summed E-state index contributed by atoms with van der Waals surface area (Å²) < 4.78 is 1.02. The van der Waals surface area contributed by atoms with Crippen LogP contribution in [-0.2, 0) is 6.42 Å². The Morgan fingerprint density at radius 1 is 1.38 bits per heavy atom. The molecule has 0 radical (unpaired) electrons. The average molecular weight is 325 g/mol. The van der Waals surface area contributed by atoms with E-state index in [9.17, 15) is 10.2 Å². The number of fused-ring (bicyclic) bond motifs is 4. The molecular formula is C20H25N2O2+. The minimum absolute atomic E-state index is 0.274. The maximum absolute atomic E-state index is 10.1. The number of allylic oxidation sites excluding steroid dienone is 1. The molecule has 4 heteroatoms. The number of aromatic hydroxyl groups is 1. The first-order valence-corrected chi connectivity index (χ1v) is 9.01. The number of hydrogen-bond acceptors (Lipinski definition) is 2. The zero-order valence-electron chi connectivity index (χ0n) is 14.3. The first-order chi connectivity index (χ1) is 11.6. The Hall–Kier alpha value is -1.78. The highest BCUT2D eigenvalue weighted by atomic mass is 16.3. The van der Waals surface area contributed by atoms with Gasteiger partial charge in [-0.05, 0) is 36.3 Å². The van der Waals surface area contributed by atoms with Gasteiger partial charge in [-0.2, -0.15) is 0 Å². The van der Waals surface area contributed by atoms with Gasteiger partial charge in [0.25, 0.3) is 0 Å². The SMILES string of the molecule is C/C=C1/C[N+]2(C)[C@@H]3C[C@@H]1C(CO)[C@H]2Cc1c3[nH]c2ccc(O)cc12. The fraction of sp³-hybridized carbons (Fsp3) is 0.500. The summed E-state index contributed by atoms with van der Waals surface area (Å²) in [5.74, 6) is 1.20.